The van der Waals surface area contributed by atoms with Crippen molar-refractivity contribution in [3.63, 3.8) is 0 Å². The quantitative estimate of drug-likeness (QED) is 0.685. The number of benzene rings is 1. The van der Waals surface area contributed by atoms with E-state index >= 15 is 0 Å². The fraction of sp³-hybridized carbons (Fsp3) is 0.200. The van der Waals surface area contributed by atoms with Crippen molar-refractivity contribution in [3.8, 4) is 0 Å². The van der Waals surface area contributed by atoms with Gasteiger partial charge in [-0.05, 0) is 37.1 Å². The van der Waals surface area contributed by atoms with Crippen LogP contribution in [0.1, 0.15) is 13.3 Å². The highest BCUT2D eigenvalue weighted by atomic mass is 15.2. The van der Waals surface area contributed by atoms with Crippen molar-refractivity contribution in [2.45, 2.75) is 13.3 Å². The number of nitrogens with zero attached hydrogens (tertiary/aromatic N) is 1. The Hall–Kier alpha value is -1.76. The minimum absolute atomic E-state index is 1.08. The Bertz CT molecular complexity index is 426. The van der Waals surface area contributed by atoms with Gasteiger partial charge in [0.15, 0.2) is 0 Å². The molecule has 0 aliphatic carbocycles. The van der Waals surface area contributed by atoms with Crippen LogP contribution in [0.4, 0.5) is 5.69 Å². The van der Waals surface area contributed by atoms with Gasteiger partial charge in [-0.15, -0.1) is 0 Å². The summed E-state index contributed by atoms with van der Waals surface area (Å²) in [5.41, 5.74) is 4.02. The molecule has 1 aromatic carbocycles. The summed E-state index contributed by atoms with van der Waals surface area (Å²) in [5.74, 6) is 0. The second-order valence-electron chi connectivity index (χ2n) is 4.00. The van der Waals surface area contributed by atoms with Gasteiger partial charge in [0, 0.05) is 17.9 Å². The van der Waals surface area contributed by atoms with E-state index in [4.69, 9.17) is 0 Å². The van der Waals surface area contributed by atoms with Crippen LogP contribution in [0.15, 0.2) is 66.4 Å². The molecule has 0 spiro atoms. The van der Waals surface area contributed by atoms with Crippen LogP contribution in [0.2, 0.25) is 0 Å². The molecule has 1 heteroatoms. The summed E-state index contributed by atoms with van der Waals surface area (Å²) < 4.78 is 0. The third-order valence-electron chi connectivity index (χ3n) is 2.90. The fourth-order valence-corrected chi connectivity index (χ4v) is 2.03. The summed E-state index contributed by atoms with van der Waals surface area (Å²) in [7, 11) is 0. The first-order valence-corrected chi connectivity index (χ1v) is 5.64. The van der Waals surface area contributed by atoms with Crippen LogP contribution in [0, 0.1) is 0 Å². The Morgan fingerprint density at radius 1 is 1.25 bits per heavy atom. The molecule has 0 saturated heterocycles. The first kappa shape index (κ1) is 10.7. The van der Waals surface area contributed by atoms with Gasteiger partial charge in [0.1, 0.15) is 0 Å². The molecule has 1 aliphatic heterocycles. The minimum atomic E-state index is 1.08. The third-order valence-corrected chi connectivity index (χ3v) is 2.90. The molecule has 2 rings (SSSR count). The van der Waals surface area contributed by atoms with Crippen LogP contribution in [0.25, 0.3) is 0 Å². The summed E-state index contributed by atoms with van der Waals surface area (Å²) >= 11 is 0. The molecule has 1 nitrogen and oxygen atoms in total. The Morgan fingerprint density at radius 3 is 2.69 bits per heavy atom. The molecular weight excluding hydrogens is 194 g/mol. The van der Waals surface area contributed by atoms with E-state index < -0.39 is 0 Å². The van der Waals surface area contributed by atoms with Gasteiger partial charge in [-0.3, -0.25) is 0 Å². The van der Waals surface area contributed by atoms with Gasteiger partial charge in [-0.2, -0.15) is 0 Å². The molecule has 0 bridgehead atoms. The molecule has 0 fully saturated rings. The van der Waals surface area contributed by atoms with Gasteiger partial charge >= 0.3 is 0 Å². The monoisotopic (exact) mass is 211 g/mol. The van der Waals surface area contributed by atoms with Crippen LogP contribution < -0.4 is 4.90 Å². The fourth-order valence-electron chi connectivity index (χ4n) is 2.03. The largest absolute Gasteiger partial charge is 0.341 e. The molecule has 0 saturated carbocycles. The van der Waals surface area contributed by atoms with E-state index in [1.807, 2.05) is 12.2 Å². The van der Waals surface area contributed by atoms with Crippen molar-refractivity contribution < 1.29 is 0 Å². The number of rotatable bonds is 3. The highest BCUT2D eigenvalue weighted by Crippen LogP contribution is 2.29. The Labute approximate surface area is 97.4 Å². The molecule has 0 N–H and O–H groups in total. The summed E-state index contributed by atoms with van der Waals surface area (Å²) in [6.45, 7) is 6.99. The smallest absolute Gasteiger partial charge is 0.0410 e. The number of anilines is 1. The van der Waals surface area contributed by atoms with Crippen LogP contribution in [-0.4, -0.2) is 6.54 Å². The zero-order valence-electron chi connectivity index (χ0n) is 9.69. The molecule has 1 aliphatic rings. The van der Waals surface area contributed by atoms with Crippen LogP contribution in [0.5, 0.6) is 0 Å². The van der Waals surface area contributed by atoms with Crippen molar-refractivity contribution in [1.29, 1.82) is 0 Å². The summed E-state index contributed by atoms with van der Waals surface area (Å²) in [6.07, 6.45) is 7.11. The zero-order valence-corrected chi connectivity index (χ0v) is 9.69. The molecular formula is C15H17N. The number of allylic oxidation sites excluding steroid dienone is 3. The lowest BCUT2D eigenvalue weighted by atomic mass is 10.2. The summed E-state index contributed by atoms with van der Waals surface area (Å²) in [4.78, 5) is 2.36. The maximum absolute atomic E-state index is 3.72. The van der Waals surface area contributed by atoms with Gasteiger partial charge in [0.25, 0.3) is 0 Å². The van der Waals surface area contributed by atoms with Crippen molar-refractivity contribution >= 4 is 5.69 Å². The molecule has 82 valence electrons. The highest BCUT2D eigenvalue weighted by Gasteiger charge is 2.18. The second-order valence-corrected chi connectivity index (χ2v) is 4.00. The highest BCUT2D eigenvalue weighted by molar-refractivity contribution is 5.58. The summed E-state index contributed by atoms with van der Waals surface area (Å²) in [5, 5.41) is 0. The van der Waals surface area contributed by atoms with Gasteiger partial charge < -0.3 is 4.90 Å². The van der Waals surface area contributed by atoms with E-state index in [2.05, 4.69) is 54.8 Å². The lowest BCUT2D eigenvalue weighted by Crippen LogP contribution is -2.17. The molecule has 0 unspecified atom stereocenters. The van der Waals surface area contributed by atoms with E-state index in [0.29, 0.717) is 0 Å². The average molecular weight is 211 g/mol. The van der Waals surface area contributed by atoms with Crippen LogP contribution in [0.3, 0.4) is 0 Å². The molecule has 1 heterocycles. The molecule has 0 atom stereocenters. The Kier molecular flexibility index (Phi) is 3.25. The van der Waals surface area contributed by atoms with E-state index in [0.717, 1.165) is 13.0 Å². The number of hydrogen-bond donors (Lipinski definition) is 0. The number of para-hydroxylation sites is 1. The molecule has 1 aromatic rings. The maximum Gasteiger partial charge on any atom is 0.0410 e. The minimum Gasteiger partial charge on any atom is -0.341 e. The van der Waals surface area contributed by atoms with E-state index in [1.165, 1.54) is 17.0 Å². The zero-order chi connectivity index (χ0) is 11.4. The van der Waals surface area contributed by atoms with Crippen molar-refractivity contribution in [2.24, 2.45) is 0 Å². The lowest BCUT2D eigenvalue weighted by Gasteiger charge is -2.20. The predicted octanol–water partition coefficient (Wildman–Crippen LogP) is 3.91. The SMILES string of the molecule is C=C/C=C\C1=C(C)CCN1c1ccccc1. The van der Waals surface area contributed by atoms with Crippen molar-refractivity contribution in [1.82, 2.24) is 0 Å². The standard InChI is InChI=1S/C15H17N/c1-3-4-10-15-13(2)11-12-16(15)14-8-6-5-7-9-14/h3-10H,1,11-12H2,2H3/b10-4-. The van der Waals surface area contributed by atoms with Crippen LogP contribution in [-0.2, 0) is 0 Å². The van der Waals surface area contributed by atoms with E-state index in [-0.39, 0.29) is 0 Å². The van der Waals surface area contributed by atoms with E-state index in [1.54, 1.807) is 0 Å². The van der Waals surface area contributed by atoms with Gasteiger partial charge in [0.2, 0.25) is 0 Å². The Morgan fingerprint density at radius 2 is 2.00 bits per heavy atom. The normalized spacial score (nSPS) is 16.2. The topological polar surface area (TPSA) is 3.24 Å². The van der Waals surface area contributed by atoms with Gasteiger partial charge in [0.05, 0.1) is 0 Å². The molecule has 16 heavy (non-hydrogen) atoms. The summed E-state index contributed by atoms with van der Waals surface area (Å²) in [6, 6.07) is 10.5. The first-order chi connectivity index (χ1) is 7.83. The molecule has 0 aromatic heterocycles. The predicted molar refractivity (Wildman–Crippen MR) is 70.4 cm³/mol. The molecule has 0 amide bonds. The molecule has 0 radical (unpaired) electrons. The van der Waals surface area contributed by atoms with Crippen molar-refractivity contribution in [2.75, 3.05) is 11.4 Å². The maximum atomic E-state index is 3.72. The first-order valence-electron chi connectivity index (χ1n) is 5.64. The average Bonchev–Trinajstić information content (AvgIpc) is 2.69. The second kappa shape index (κ2) is 4.84. The number of hydrogen-bond acceptors (Lipinski definition) is 1. The van der Waals surface area contributed by atoms with Gasteiger partial charge in [-0.25, -0.2) is 0 Å². The van der Waals surface area contributed by atoms with Crippen LogP contribution >= 0.6 is 0 Å². The third kappa shape index (κ3) is 2.08. The van der Waals surface area contributed by atoms with Gasteiger partial charge in [-0.1, -0.05) is 36.9 Å². The van der Waals surface area contributed by atoms with E-state index in [9.17, 15) is 0 Å². The Balaban J connectivity index is 2.30. The van der Waals surface area contributed by atoms with Crippen molar-refractivity contribution in [3.05, 3.63) is 66.4 Å². The lowest BCUT2D eigenvalue weighted by molar-refractivity contribution is 0.967.